The van der Waals surface area contributed by atoms with E-state index in [1.54, 1.807) is 12.4 Å². The summed E-state index contributed by atoms with van der Waals surface area (Å²) in [7, 11) is 0. The molecule has 2 aliphatic rings. The summed E-state index contributed by atoms with van der Waals surface area (Å²) < 4.78 is 5.39. The predicted octanol–water partition coefficient (Wildman–Crippen LogP) is 3.31. The van der Waals surface area contributed by atoms with Crippen molar-refractivity contribution in [3.05, 3.63) is 60.4 Å². The molecule has 3 heterocycles. The molecule has 0 saturated carbocycles. The molecule has 6 nitrogen and oxygen atoms in total. The number of benzene rings is 1. The minimum atomic E-state index is -0.185. The van der Waals surface area contributed by atoms with Crippen LogP contribution in [0.1, 0.15) is 18.4 Å². The number of nitrogens with zero attached hydrogens (tertiary/aromatic N) is 3. The number of carbonyl (C=O) groups excluding carboxylic acids is 1. The highest BCUT2D eigenvalue weighted by atomic mass is 32.1. The van der Waals surface area contributed by atoms with Crippen molar-refractivity contribution in [1.82, 2.24) is 14.8 Å². The first kappa shape index (κ1) is 18.7. The van der Waals surface area contributed by atoms with Gasteiger partial charge in [0.2, 0.25) is 0 Å². The molecule has 1 aromatic carbocycles. The van der Waals surface area contributed by atoms with Crippen LogP contribution in [0, 0.1) is 0 Å². The van der Waals surface area contributed by atoms with Gasteiger partial charge in [-0.1, -0.05) is 30.3 Å². The molecule has 2 aromatic rings. The summed E-state index contributed by atoms with van der Waals surface area (Å²) in [6, 6.07) is 14.4. The van der Waals surface area contributed by atoms with E-state index in [0.717, 1.165) is 38.0 Å². The smallest absolute Gasteiger partial charge is 0.410 e. The molecule has 0 bridgehead atoms. The Morgan fingerprint density at radius 2 is 1.96 bits per heavy atom. The Morgan fingerprint density at radius 1 is 1.18 bits per heavy atom. The average molecular weight is 397 g/mol. The van der Waals surface area contributed by atoms with Gasteiger partial charge in [0, 0.05) is 25.3 Å². The molecule has 2 fully saturated rings. The zero-order valence-electron chi connectivity index (χ0n) is 15.7. The van der Waals surface area contributed by atoms with E-state index in [0.29, 0.717) is 11.7 Å². The van der Waals surface area contributed by atoms with Gasteiger partial charge in [-0.2, -0.15) is 0 Å². The average Bonchev–Trinajstić information content (AvgIpc) is 3.09. The number of hydrogen-bond acceptors (Lipinski definition) is 4. The van der Waals surface area contributed by atoms with E-state index < -0.39 is 0 Å². The summed E-state index contributed by atoms with van der Waals surface area (Å²) in [5.41, 5.74) is 2.12. The molecule has 1 aromatic heterocycles. The van der Waals surface area contributed by atoms with Crippen LogP contribution in [0.3, 0.4) is 0 Å². The van der Waals surface area contributed by atoms with Gasteiger partial charge in [-0.15, -0.1) is 0 Å². The normalized spacial score (nSPS) is 20.1. The van der Waals surface area contributed by atoms with Crippen molar-refractivity contribution >= 4 is 29.1 Å². The van der Waals surface area contributed by atoms with Gasteiger partial charge < -0.3 is 15.0 Å². The van der Waals surface area contributed by atoms with Gasteiger partial charge in [0.15, 0.2) is 5.11 Å². The Kier molecular flexibility index (Phi) is 5.71. The standard InChI is InChI=1S/C21H24N4O2S/c26-21-25(19(15-27-21)13-16-5-2-1-3-6-16)18-8-11-24(12-9-18)20(28)23-17-7-4-10-22-14-17/h1-7,10,14,18-19H,8-9,11-13,15H2,(H,23,28). The van der Waals surface area contributed by atoms with Gasteiger partial charge >= 0.3 is 6.09 Å². The van der Waals surface area contributed by atoms with E-state index in [9.17, 15) is 4.79 Å². The number of aromatic nitrogens is 1. The topological polar surface area (TPSA) is 57.7 Å². The number of pyridine rings is 1. The maximum atomic E-state index is 12.4. The van der Waals surface area contributed by atoms with E-state index in [2.05, 4.69) is 27.3 Å². The Labute approximate surface area is 170 Å². The van der Waals surface area contributed by atoms with Crippen molar-refractivity contribution in [3.63, 3.8) is 0 Å². The molecule has 28 heavy (non-hydrogen) atoms. The monoisotopic (exact) mass is 396 g/mol. The lowest BCUT2D eigenvalue weighted by molar-refractivity contribution is 0.123. The molecule has 1 unspecified atom stereocenters. The number of ether oxygens (including phenoxy) is 1. The van der Waals surface area contributed by atoms with Crippen molar-refractivity contribution in [2.45, 2.75) is 31.3 Å². The van der Waals surface area contributed by atoms with E-state index in [-0.39, 0.29) is 18.2 Å². The second-order valence-corrected chi connectivity index (χ2v) is 7.60. The molecule has 1 atom stereocenters. The Morgan fingerprint density at radius 3 is 2.68 bits per heavy atom. The van der Waals surface area contributed by atoms with Crippen LogP contribution in [0.25, 0.3) is 0 Å². The fourth-order valence-electron chi connectivity index (χ4n) is 3.95. The maximum absolute atomic E-state index is 12.4. The highest BCUT2D eigenvalue weighted by molar-refractivity contribution is 7.80. The van der Waals surface area contributed by atoms with E-state index in [1.165, 1.54) is 5.56 Å². The summed E-state index contributed by atoms with van der Waals surface area (Å²) >= 11 is 5.54. The number of nitrogens with one attached hydrogen (secondary N) is 1. The van der Waals surface area contributed by atoms with Crippen LogP contribution in [0.5, 0.6) is 0 Å². The second kappa shape index (κ2) is 8.56. The summed E-state index contributed by atoms with van der Waals surface area (Å²) in [4.78, 5) is 20.6. The first-order chi connectivity index (χ1) is 13.7. The number of carbonyl (C=O) groups is 1. The zero-order valence-corrected chi connectivity index (χ0v) is 16.5. The number of thiocarbonyl (C=S) groups is 1. The van der Waals surface area contributed by atoms with E-state index in [4.69, 9.17) is 17.0 Å². The Hall–Kier alpha value is -2.67. The third-order valence-corrected chi connectivity index (χ3v) is 5.74. The van der Waals surface area contributed by atoms with E-state index in [1.807, 2.05) is 35.2 Å². The fourth-order valence-corrected chi connectivity index (χ4v) is 4.25. The lowest BCUT2D eigenvalue weighted by Gasteiger charge is -2.38. The molecule has 2 saturated heterocycles. The lowest BCUT2D eigenvalue weighted by Crippen LogP contribution is -2.50. The van der Waals surface area contributed by atoms with Crippen LogP contribution in [-0.4, -0.2) is 57.8 Å². The van der Waals surface area contributed by atoms with E-state index >= 15 is 0 Å². The van der Waals surface area contributed by atoms with Crippen molar-refractivity contribution in [3.8, 4) is 0 Å². The van der Waals surface area contributed by atoms with Gasteiger partial charge in [0.25, 0.3) is 0 Å². The maximum Gasteiger partial charge on any atom is 0.410 e. The van der Waals surface area contributed by atoms with Crippen molar-refractivity contribution in [2.75, 3.05) is 25.0 Å². The van der Waals surface area contributed by atoms with Crippen LogP contribution in [0.2, 0.25) is 0 Å². The van der Waals surface area contributed by atoms with Crippen molar-refractivity contribution in [1.29, 1.82) is 0 Å². The number of anilines is 1. The van der Waals surface area contributed by atoms with Gasteiger partial charge in [-0.3, -0.25) is 9.88 Å². The molecule has 4 rings (SSSR count). The summed E-state index contributed by atoms with van der Waals surface area (Å²) in [5.74, 6) is 0. The largest absolute Gasteiger partial charge is 0.447 e. The molecular formula is C21H24N4O2S. The number of hydrogen-bond donors (Lipinski definition) is 1. The number of likely N-dealkylation sites (tertiary alicyclic amines) is 1. The molecule has 0 aliphatic carbocycles. The molecule has 2 aliphatic heterocycles. The highest BCUT2D eigenvalue weighted by Gasteiger charge is 2.39. The third kappa shape index (κ3) is 4.25. The predicted molar refractivity (Wildman–Crippen MR) is 112 cm³/mol. The lowest BCUT2D eigenvalue weighted by atomic mass is 9.99. The second-order valence-electron chi connectivity index (χ2n) is 7.22. The first-order valence-electron chi connectivity index (χ1n) is 9.65. The molecule has 146 valence electrons. The number of piperidine rings is 1. The van der Waals surface area contributed by atoms with Gasteiger partial charge in [0.05, 0.1) is 17.9 Å². The molecule has 0 spiro atoms. The van der Waals surface area contributed by atoms with Crippen LogP contribution >= 0.6 is 12.2 Å². The summed E-state index contributed by atoms with van der Waals surface area (Å²) in [6.45, 7) is 2.10. The SMILES string of the molecule is O=C1OCC(Cc2ccccc2)N1C1CCN(C(=S)Nc2cccnc2)CC1. The minimum absolute atomic E-state index is 0.104. The fraction of sp³-hybridized carbons (Fsp3) is 0.381. The zero-order chi connectivity index (χ0) is 19.3. The first-order valence-corrected chi connectivity index (χ1v) is 10.1. The quantitative estimate of drug-likeness (QED) is 0.801. The van der Waals surface area contributed by atoms with Crippen LogP contribution in [0.15, 0.2) is 54.9 Å². The summed E-state index contributed by atoms with van der Waals surface area (Å²) in [6.07, 6.45) is 5.90. The number of amides is 1. The minimum Gasteiger partial charge on any atom is -0.447 e. The number of rotatable bonds is 4. The third-order valence-electron chi connectivity index (χ3n) is 5.38. The Balaban J connectivity index is 1.34. The van der Waals surface area contributed by atoms with Crippen molar-refractivity contribution in [2.24, 2.45) is 0 Å². The molecule has 7 heteroatoms. The van der Waals surface area contributed by atoms with Crippen LogP contribution in [-0.2, 0) is 11.2 Å². The molecule has 1 N–H and O–H groups in total. The highest BCUT2D eigenvalue weighted by Crippen LogP contribution is 2.26. The van der Waals surface area contributed by atoms with Crippen LogP contribution in [0.4, 0.5) is 10.5 Å². The summed E-state index contributed by atoms with van der Waals surface area (Å²) in [5, 5.41) is 3.94. The molecule has 0 radical (unpaired) electrons. The van der Waals surface area contributed by atoms with Gasteiger partial charge in [-0.25, -0.2) is 4.79 Å². The molecule has 1 amide bonds. The van der Waals surface area contributed by atoms with Gasteiger partial charge in [0.1, 0.15) is 6.61 Å². The number of cyclic esters (lactones) is 1. The van der Waals surface area contributed by atoms with Crippen LogP contribution < -0.4 is 5.32 Å². The van der Waals surface area contributed by atoms with Gasteiger partial charge in [-0.05, 0) is 49.2 Å². The van der Waals surface area contributed by atoms with Crippen molar-refractivity contribution < 1.29 is 9.53 Å². The molecular weight excluding hydrogens is 372 g/mol. The Bertz CT molecular complexity index is 810.